The number of rotatable bonds is 18. The summed E-state index contributed by atoms with van der Waals surface area (Å²) in [5.74, 6) is -3.97. The van der Waals surface area contributed by atoms with Crippen molar-refractivity contribution in [2.75, 3.05) is 44.2 Å². The van der Waals surface area contributed by atoms with E-state index in [1.54, 1.807) is 0 Å². The smallest absolute Gasteiger partial charge is 0.329 e. The zero-order chi connectivity index (χ0) is 32.8. The van der Waals surface area contributed by atoms with E-state index < -0.39 is 52.6 Å². The number of carboxylic acids is 2. The van der Waals surface area contributed by atoms with Crippen molar-refractivity contribution in [2.45, 2.75) is 11.3 Å². The van der Waals surface area contributed by atoms with Gasteiger partial charge in [0, 0.05) is 31.0 Å². The Hall–Kier alpha value is -5.20. The number of nitrogens with one attached hydrogen (secondary N) is 3. The van der Waals surface area contributed by atoms with Gasteiger partial charge in [-0.3, -0.25) is 14.4 Å². The number of carbonyl (C=O) groups excluding carboxylic acids is 2. The summed E-state index contributed by atoms with van der Waals surface area (Å²) in [5, 5.41) is 22.3. The third-order valence-electron chi connectivity index (χ3n) is 5.43. The van der Waals surface area contributed by atoms with Crippen LogP contribution in [0, 0.1) is 5.82 Å². The molecule has 0 atom stereocenters. The van der Waals surface area contributed by atoms with E-state index in [0.717, 1.165) is 18.5 Å². The molecule has 0 fully saturated rings. The van der Waals surface area contributed by atoms with E-state index in [1.165, 1.54) is 36.4 Å². The summed E-state index contributed by atoms with van der Waals surface area (Å²) in [4.78, 5) is 52.7. The molecule has 0 aliphatic rings. The van der Waals surface area contributed by atoms with E-state index >= 15 is 0 Å². The average Bonchev–Trinajstić information content (AvgIpc) is 2.98. The highest BCUT2D eigenvalue weighted by Crippen LogP contribution is 2.25. The highest BCUT2D eigenvalue weighted by molar-refractivity contribution is 7.92. The molecule has 1 heterocycles. The molecule has 2 aromatic carbocycles. The maximum Gasteiger partial charge on any atom is 0.329 e. The van der Waals surface area contributed by atoms with Crippen molar-refractivity contribution < 1.29 is 56.4 Å². The van der Waals surface area contributed by atoms with Crippen molar-refractivity contribution in [2.24, 2.45) is 0 Å². The first-order valence-electron chi connectivity index (χ1n) is 13.0. The number of amides is 2. The van der Waals surface area contributed by atoms with Gasteiger partial charge in [0.2, 0.25) is 11.9 Å². The second-order valence-electron chi connectivity index (χ2n) is 8.90. The predicted molar refractivity (Wildman–Crippen MR) is 152 cm³/mol. The zero-order valence-electron chi connectivity index (χ0n) is 23.4. The van der Waals surface area contributed by atoms with Crippen LogP contribution in [-0.4, -0.2) is 91.9 Å². The Bertz CT molecular complexity index is 1600. The molecule has 0 aliphatic carbocycles. The van der Waals surface area contributed by atoms with Gasteiger partial charge in [0.05, 0.1) is 30.1 Å². The lowest BCUT2D eigenvalue weighted by Crippen LogP contribution is -2.33. The largest absolute Gasteiger partial charge is 0.481 e. The van der Waals surface area contributed by atoms with Gasteiger partial charge in [0.15, 0.2) is 0 Å². The minimum atomic E-state index is -4.13. The summed E-state index contributed by atoms with van der Waals surface area (Å²) in [6.07, 6.45) is 1.69. The van der Waals surface area contributed by atoms with Crippen LogP contribution in [0.15, 0.2) is 59.8 Å². The lowest BCUT2D eigenvalue weighted by atomic mass is 10.1. The fourth-order valence-electron chi connectivity index (χ4n) is 3.39. The summed E-state index contributed by atoms with van der Waals surface area (Å²) in [7, 11) is -4.13. The maximum absolute atomic E-state index is 13.8. The first-order valence-corrected chi connectivity index (χ1v) is 14.5. The summed E-state index contributed by atoms with van der Waals surface area (Å²) < 4.78 is 57.0. The Morgan fingerprint density at radius 2 is 1.44 bits per heavy atom. The topological polar surface area (TPSA) is 232 Å². The number of benzene rings is 2. The minimum absolute atomic E-state index is 0.00685. The molecule has 0 spiro atoms. The summed E-state index contributed by atoms with van der Waals surface area (Å²) in [6.45, 7) is -0.562. The van der Waals surface area contributed by atoms with Crippen LogP contribution in [-0.2, 0) is 40.3 Å². The summed E-state index contributed by atoms with van der Waals surface area (Å²) >= 11 is 0. The number of hydrogen-bond acceptors (Lipinski definition) is 11. The molecule has 240 valence electrons. The number of sulfonamides is 1. The van der Waals surface area contributed by atoms with Gasteiger partial charge in [0.25, 0.3) is 15.9 Å². The average molecular weight is 650 g/mol. The molecule has 1 aromatic heterocycles. The number of hydrogen-bond donors (Lipinski definition) is 5. The number of aromatic nitrogens is 2. The Kier molecular flexibility index (Phi) is 12.6. The number of ether oxygens (including phenoxy) is 3. The molecule has 16 nitrogen and oxygen atoms in total. The predicted octanol–water partition coefficient (Wildman–Crippen LogP) is 0.800. The van der Waals surface area contributed by atoms with Crippen LogP contribution < -0.4 is 20.1 Å². The quantitative estimate of drug-likeness (QED) is 0.120. The second-order valence-corrected chi connectivity index (χ2v) is 10.6. The lowest BCUT2D eigenvalue weighted by Gasteiger charge is -2.10. The molecule has 0 unspecified atom stereocenters. The van der Waals surface area contributed by atoms with Crippen molar-refractivity contribution in [3.63, 3.8) is 0 Å². The Balaban J connectivity index is 1.43. The van der Waals surface area contributed by atoms with Gasteiger partial charge in [-0.1, -0.05) is 0 Å². The Morgan fingerprint density at radius 3 is 2.09 bits per heavy atom. The van der Waals surface area contributed by atoms with Crippen LogP contribution in [0.2, 0.25) is 0 Å². The highest BCUT2D eigenvalue weighted by atomic mass is 32.2. The van der Waals surface area contributed by atoms with Gasteiger partial charge in [0.1, 0.15) is 30.5 Å². The number of nitrogens with zero attached hydrogens (tertiary/aromatic N) is 2. The van der Waals surface area contributed by atoms with Crippen molar-refractivity contribution in [1.82, 2.24) is 20.6 Å². The highest BCUT2D eigenvalue weighted by Gasteiger charge is 2.17. The standard InChI is InChI=1S/C27H28FN5O11S/c28-22-6-3-20(11-17(22)12-24(35)36)44-19-1-4-21(5-2-19)45(40,41)33-27-31-13-18(14-32-27)26(39)30-8-10-42-15-23(34)29-7-9-43-16-25(37)38/h1-6,11,13-14H,7-10,12,15-16H2,(H,29,34)(H,30,39)(H,35,36)(H,37,38)(H,31,32,33). The molecule has 0 aliphatic heterocycles. The number of aliphatic carboxylic acids is 2. The van der Waals surface area contributed by atoms with E-state index in [1.807, 2.05) is 0 Å². The first kappa shape index (κ1) is 34.3. The molecule has 2 amide bonds. The molecule has 18 heteroatoms. The molecular formula is C27H28FN5O11S. The number of carboxylic acid groups (broad SMARTS) is 2. The number of halogens is 1. The lowest BCUT2D eigenvalue weighted by molar-refractivity contribution is -0.142. The number of anilines is 1. The molecule has 0 bridgehead atoms. The van der Waals surface area contributed by atoms with Crippen LogP contribution in [0.5, 0.6) is 11.5 Å². The van der Waals surface area contributed by atoms with Crippen LogP contribution in [0.1, 0.15) is 15.9 Å². The van der Waals surface area contributed by atoms with Gasteiger partial charge >= 0.3 is 11.9 Å². The zero-order valence-corrected chi connectivity index (χ0v) is 24.2. The van der Waals surface area contributed by atoms with E-state index in [-0.39, 0.29) is 66.4 Å². The molecule has 3 rings (SSSR count). The summed E-state index contributed by atoms with van der Waals surface area (Å²) in [5.41, 5.74) is -0.0373. The fourth-order valence-corrected chi connectivity index (χ4v) is 4.35. The van der Waals surface area contributed by atoms with Crippen LogP contribution >= 0.6 is 0 Å². The van der Waals surface area contributed by atoms with E-state index in [0.29, 0.717) is 0 Å². The molecule has 45 heavy (non-hydrogen) atoms. The molecule has 5 N–H and O–H groups in total. The van der Waals surface area contributed by atoms with Crippen LogP contribution in [0.4, 0.5) is 10.3 Å². The third kappa shape index (κ3) is 11.8. The molecule has 0 saturated carbocycles. The summed E-state index contributed by atoms with van der Waals surface area (Å²) in [6, 6.07) is 8.78. The van der Waals surface area contributed by atoms with Gasteiger partial charge in [-0.15, -0.1) is 0 Å². The van der Waals surface area contributed by atoms with Crippen molar-refractivity contribution in [1.29, 1.82) is 0 Å². The molecule has 0 radical (unpaired) electrons. The minimum Gasteiger partial charge on any atom is -0.481 e. The fraction of sp³-hybridized carbons (Fsp3) is 0.259. The normalized spacial score (nSPS) is 11.0. The van der Waals surface area contributed by atoms with Crippen molar-refractivity contribution in [3.8, 4) is 11.5 Å². The maximum atomic E-state index is 13.8. The van der Waals surface area contributed by atoms with Crippen molar-refractivity contribution in [3.05, 3.63) is 71.8 Å². The Morgan fingerprint density at radius 1 is 0.822 bits per heavy atom. The van der Waals surface area contributed by atoms with Crippen molar-refractivity contribution >= 4 is 39.7 Å². The van der Waals surface area contributed by atoms with E-state index in [9.17, 15) is 32.0 Å². The monoisotopic (exact) mass is 649 g/mol. The first-order chi connectivity index (χ1) is 21.4. The molecular weight excluding hydrogens is 621 g/mol. The number of carbonyl (C=O) groups is 4. The second kappa shape index (κ2) is 16.6. The molecule has 3 aromatic rings. The van der Waals surface area contributed by atoms with E-state index in [4.69, 9.17) is 24.4 Å². The van der Waals surface area contributed by atoms with Gasteiger partial charge < -0.3 is 35.1 Å². The van der Waals surface area contributed by atoms with Crippen LogP contribution in [0.25, 0.3) is 0 Å². The van der Waals surface area contributed by atoms with Crippen LogP contribution in [0.3, 0.4) is 0 Å². The third-order valence-corrected chi connectivity index (χ3v) is 6.77. The van der Waals surface area contributed by atoms with Gasteiger partial charge in [-0.05, 0) is 42.5 Å². The molecule has 0 saturated heterocycles. The SMILES string of the molecule is O=C(O)COCCNC(=O)COCCNC(=O)c1cnc(NS(=O)(=O)c2ccc(Oc3ccc(F)c(CC(=O)O)c3)cc2)nc1. The van der Waals surface area contributed by atoms with Gasteiger partial charge in [-0.25, -0.2) is 32.3 Å². The van der Waals surface area contributed by atoms with E-state index in [2.05, 4.69) is 25.3 Å². The van der Waals surface area contributed by atoms with Gasteiger partial charge in [-0.2, -0.15) is 0 Å². The Labute approximate surface area is 255 Å².